The second-order valence-electron chi connectivity index (χ2n) is 6.11. The smallest absolute Gasteiger partial charge is 0.357 e. The second kappa shape index (κ2) is 8.31. The van der Waals surface area contributed by atoms with Crippen molar-refractivity contribution in [1.29, 1.82) is 5.26 Å². The Morgan fingerprint density at radius 2 is 1.86 bits per heavy atom. The number of hydrogen-bond acceptors (Lipinski definition) is 4. The lowest BCUT2D eigenvalue weighted by molar-refractivity contribution is 0.0688. The van der Waals surface area contributed by atoms with Gasteiger partial charge in [-0.1, -0.05) is 59.1 Å². The molecule has 0 fully saturated rings. The van der Waals surface area contributed by atoms with Gasteiger partial charge in [0.2, 0.25) is 0 Å². The van der Waals surface area contributed by atoms with Crippen molar-refractivity contribution >= 4 is 41.3 Å². The summed E-state index contributed by atoms with van der Waals surface area (Å²) < 4.78 is 0.911. The summed E-state index contributed by atoms with van der Waals surface area (Å²) in [7, 11) is 0. The highest BCUT2D eigenvalue weighted by molar-refractivity contribution is 6.35. The third kappa shape index (κ3) is 4.21. The van der Waals surface area contributed by atoms with Crippen molar-refractivity contribution in [1.82, 2.24) is 9.78 Å². The van der Waals surface area contributed by atoms with Gasteiger partial charge in [-0.3, -0.25) is 4.79 Å². The van der Waals surface area contributed by atoms with Crippen molar-refractivity contribution in [3.05, 3.63) is 90.8 Å². The van der Waals surface area contributed by atoms with Crippen LogP contribution in [0.5, 0.6) is 0 Å². The van der Waals surface area contributed by atoms with Gasteiger partial charge in [0.15, 0.2) is 5.69 Å². The van der Waals surface area contributed by atoms with E-state index in [1.165, 1.54) is 18.2 Å². The number of nitrogens with zero attached hydrogens (tertiary/aromatic N) is 3. The van der Waals surface area contributed by atoms with Gasteiger partial charge in [-0.05, 0) is 36.8 Å². The molecule has 8 heteroatoms. The van der Waals surface area contributed by atoms with Crippen molar-refractivity contribution in [2.24, 2.45) is 0 Å². The van der Waals surface area contributed by atoms with Crippen LogP contribution in [0, 0.1) is 18.3 Å². The fourth-order valence-corrected chi connectivity index (χ4v) is 3.11. The maximum Gasteiger partial charge on any atom is 0.357 e. The summed E-state index contributed by atoms with van der Waals surface area (Å²) in [4.78, 5) is 24.6. The molecule has 0 saturated carbocycles. The predicted octanol–water partition coefficient (Wildman–Crippen LogP) is 4.59. The molecule has 0 aliphatic carbocycles. The maximum atomic E-state index is 12.8. The van der Waals surface area contributed by atoms with Crippen LogP contribution in [0.1, 0.15) is 32.7 Å². The van der Waals surface area contributed by atoms with Crippen LogP contribution in [0.25, 0.3) is 17.8 Å². The average molecular weight is 426 g/mol. The maximum absolute atomic E-state index is 12.8. The molecule has 0 amide bonds. The number of rotatable bonds is 4. The summed E-state index contributed by atoms with van der Waals surface area (Å²) in [5, 5.41) is 23.9. The van der Waals surface area contributed by atoms with E-state index in [1.807, 2.05) is 6.92 Å². The summed E-state index contributed by atoms with van der Waals surface area (Å²) in [6.45, 7) is 1.87. The van der Waals surface area contributed by atoms with Crippen molar-refractivity contribution in [2.75, 3.05) is 0 Å². The molecule has 0 aliphatic rings. The molecule has 0 saturated heterocycles. The number of benzene rings is 2. The Bertz CT molecular complexity index is 1240. The highest BCUT2D eigenvalue weighted by atomic mass is 35.5. The van der Waals surface area contributed by atoms with E-state index in [1.54, 1.807) is 42.5 Å². The highest BCUT2D eigenvalue weighted by Crippen LogP contribution is 2.24. The van der Waals surface area contributed by atoms with E-state index in [4.69, 9.17) is 23.2 Å². The van der Waals surface area contributed by atoms with E-state index in [0.717, 1.165) is 10.2 Å². The van der Waals surface area contributed by atoms with Gasteiger partial charge in [-0.25, -0.2) is 4.79 Å². The quantitative estimate of drug-likeness (QED) is 0.659. The van der Waals surface area contributed by atoms with E-state index < -0.39 is 17.2 Å². The highest BCUT2D eigenvalue weighted by Gasteiger charge is 2.21. The summed E-state index contributed by atoms with van der Waals surface area (Å²) >= 11 is 12.0. The molecule has 1 aromatic heterocycles. The first kappa shape index (κ1) is 20.3. The first-order chi connectivity index (χ1) is 13.8. The molecule has 6 nitrogen and oxygen atoms in total. The van der Waals surface area contributed by atoms with Crippen LogP contribution in [0.3, 0.4) is 0 Å². The number of hydrogen-bond donors (Lipinski definition) is 1. The molecule has 0 unspecified atom stereocenters. The van der Waals surface area contributed by atoms with Crippen molar-refractivity contribution < 1.29 is 9.90 Å². The summed E-state index contributed by atoms with van der Waals surface area (Å²) in [6.07, 6.45) is 2.84. The molecule has 3 rings (SSSR count). The minimum Gasteiger partial charge on any atom is -0.476 e. The van der Waals surface area contributed by atoms with Crippen LogP contribution in [0.15, 0.2) is 47.3 Å². The van der Waals surface area contributed by atoms with Gasteiger partial charge in [0.25, 0.3) is 5.56 Å². The summed E-state index contributed by atoms with van der Waals surface area (Å²) in [5.41, 5.74) is 0.278. The molecule has 29 heavy (non-hydrogen) atoms. The lowest BCUT2D eigenvalue weighted by Crippen LogP contribution is -2.28. The number of aromatic nitrogens is 2. The van der Waals surface area contributed by atoms with Gasteiger partial charge in [0, 0.05) is 15.6 Å². The van der Waals surface area contributed by atoms with Crippen molar-refractivity contribution in [3.8, 4) is 11.8 Å². The summed E-state index contributed by atoms with van der Waals surface area (Å²) in [5.74, 6) is -1.37. The molecule has 3 aromatic rings. The van der Waals surface area contributed by atoms with E-state index in [9.17, 15) is 20.0 Å². The van der Waals surface area contributed by atoms with Gasteiger partial charge < -0.3 is 5.11 Å². The minimum absolute atomic E-state index is 0.0978. The van der Waals surface area contributed by atoms with Gasteiger partial charge in [0.1, 0.15) is 11.6 Å². The lowest BCUT2D eigenvalue weighted by atomic mass is 10.1. The topological polar surface area (TPSA) is 96.0 Å². The molecular weight excluding hydrogens is 413 g/mol. The number of nitriles is 1. The third-order valence-corrected chi connectivity index (χ3v) is 4.68. The molecule has 0 bridgehead atoms. The summed E-state index contributed by atoms with van der Waals surface area (Å²) in [6, 6.07) is 13.3. The number of halogens is 2. The number of carbonyl (C=O) groups is 1. The minimum atomic E-state index is -1.37. The van der Waals surface area contributed by atoms with Gasteiger partial charge >= 0.3 is 5.97 Å². The number of carboxylic acids is 1. The Labute approximate surface area is 175 Å². The second-order valence-corrected chi connectivity index (χ2v) is 6.95. The number of aromatic carboxylic acids is 1. The van der Waals surface area contributed by atoms with Gasteiger partial charge in [-0.2, -0.15) is 15.0 Å². The molecule has 0 aliphatic heterocycles. The van der Waals surface area contributed by atoms with E-state index in [-0.39, 0.29) is 11.1 Å². The zero-order valence-corrected chi connectivity index (χ0v) is 16.6. The molecule has 0 radical (unpaired) electrons. The number of aryl methyl sites for hydroxylation is 1. The molecular formula is C21H13Cl2N3O3. The van der Waals surface area contributed by atoms with E-state index in [2.05, 4.69) is 5.10 Å². The Morgan fingerprint density at radius 1 is 1.17 bits per heavy atom. The number of carboxylic acid groups (broad SMARTS) is 1. The predicted molar refractivity (Wildman–Crippen MR) is 112 cm³/mol. The molecule has 0 spiro atoms. The average Bonchev–Trinajstić information content (AvgIpc) is 2.68. The fourth-order valence-electron chi connectivity index (χ4n) is 2.64. The van der Waals surface area contributed by atoms with Crippen LogP contribution in [-0.4, -0.2) is 20.9 Å². The SMILES string of the molecule is Cc1ccc(-n2nc(C(=O)O)c(/C=C\c3ccc(Cl)cc3Cl)c(C#N)c2=O)cc1. The van der Waals surface area contributed by atoms with Crippen LogP contribution in [0.4, 0.5) is 0 Å². The Hall–Kier alpha value is -3.40. The van der Waals surface area contributed by atoms with Crippen LogP contribution in [0.2, 0.25) is 10.0 Å². The van der Waals surface area contributed by atoms with E-state index in [0.29, 0.717) is 21.3 Å². The fraction of sp³-hybridized carbons (Fsp3) is 0.0476. The third-order valence-electron chi connectivity index (χ3n) is 4.12. The molecule has 1 heterocycles. The first-order valence-electron chi connectivity index (χ1n) is 8.32. The molecule has 1 N–H and O–H groups in total. The normalized spacial score (nSPS) is 10.8. The largest absolute Gasteiger partial charge is 0.476 e. The zero-order chi connectivity index (χ0) is 21.1. The molecule has 0 atom stereocenters. The van der Waals surface area contributed by atoms with Crippen LogP contribution >= 0.6 is 23.2 Å². The van der Waals surface area contributed by atoms with Gasteiger partial charge in [0.05, 0.1) is 5.69 Å². The standard InChI is InChI=1S/C21H13Cl2N3O3/c1-12-2-7-15(8-3-12)26-20(27)17(11-24)16(19(25-26)21(28)29)9-5-13-4-6-14(22)10-18(13)23/h2-10H,1H3,(H,28,29)/b9-5-. The van der Waals surface area contributed by atoms with Gasteiger partial charge in [-0.15, -0.1) is 0 Å². The van der Waals surface area contributed by atoms with Crippen molar-refractivity contribution in [3.63, 3.8) is 0 Å². The van der Waals surface area contributed by atoms with Crippen LogP contribution < -0.4 is 5.56 Å². The van der Waals surface area contributed by atoms with Crippen LogP contribution in [-0.2, 0) is 0 Å². The van der Waals surface area contributed by atoms with Crippen molar-refractivity contribution in [2.45, 2.75) is 6.92 Å². The van der Waals surface area contributed by atoms with E-state index >= 15 is 0 Å². The lowest BCUT2D eigenvalue weighted by Gasteiger charge is -2.10. The Balaban J connectivity index is 2.21. The Morgan fingerprint density at radius 3 is 2.45 bits per heavy atom. The Kier molecular flexibility index (Phi) is 5.83. The monoisotopic (exact) mass is 425 g/mol. The zero-order valence-electron chi connectivity index (χ0n) is 15.1. The molecule has 2 aromatic carbocycles. The first-order valence-corrected chi connectivity index (χ1v) is 9.08. The molecule has 144 valence electrons.